The highest BCUT2D eigenvalue weighted by molar-refractivity contribution is 5.80. The molecule has 0 radical (unpaired) electrons. The molecule has 98 valence electrons. The van der Waals surface area contributed by atoms with E-state index in [1.54, 1.807) is 0 Å². The van der Waals surface area contributed by atoms with E-state index in [1.165, 1.54) is 25.8 Å². The van der Waals surface area contributed by atoms with Crippen LogP contribution in [-0.2, 0) is 4.79 Å². The van der Waals surface area contributed by atoms with Crippen molar-refractivity contribution in [2.75, 3.05) is 26.2 Å². The molecule has 4 nitrogen and oxygen atoms in total. The topological polar surface area (TPSA) is 35.6 Å². The number of nitrogens with one attached hydrogen (secondary N) is 1. The Morgan fingerprint density at radius 3 is 2.76 bits per heavy atom. The van der Waals surface area contributed by atoms with Gasteiger partial charge < -0.3 is 9.80 Å². The molecule has 17 heavy (non-hydrogen) atoms. The van der Waals surface area contributed by atoms with E-state index in [0.717, 1.165) is 25.6 Å². The van der Waals surface area contributed by atoms with Gasteiger partial charge in [0, 0.05) is 19.1 Å². The maximum absolute atomic E-state index is 11.6. The third-order valence-corrected chi connectivity index (χ3v) is 4.12. The molecule has 4 heteroatoms. The quantitative estimate of drug-likeness (QED) is 0.796. The fraction of sp³-hybridized carbons (Fsp3) is 0.923. The standard InChI is InChI=1S/C13H25N3O/c1-11-6-3-4-7-15(11)8-5-9-16-12(2)14-10-13(16)17/h11-12,14H,3-10H2,1-2H3. The average Bonchev–Trinajstić information content (AvgIpc) is 2.63. The Kier molecular flexibility index (Phi) is 4.40. The Morgan fingerprint density at radius 1 is 1.29 bits per heavy atom. The van der Waals surface area contributed by atoms with E-state index in [-0.39, 0.29) is 12.1 Å². The van der Waals surface area contributed by atoms with E-state index in [4.69, 9.17) is 0 Å². The summed E-state index contributed by atoms with van der Waals surface area (Å²) in [6.45, 7) is 8.18. The molecule has 2 unspecified atom stereocenters. The van der Waals surface area contributed by atoms with Crippen LogP contribution in [0.3, 0.4) is 0 Å². The lowest BCUT2D eigenvalue weighted by atomic mass is 10.0. The van der Waals surface area contributed by atoms with E-state index < -0.39 is 0 Å². The molecule has 0 aromatic heterocycles. The summed E-state index contributed by atoms with van der Waals surface area (Å²) in [6, 6.07) is 0.730. The van der Waals surface area contributed by atoms with Gasteiger partial charge in [-0.15, -0.1) is 0 Å². The molecule has 2 aliphatic heterocycles. The Balaban J connectivity index is 1.70. The van der Waals surface area contributed by atoms with E-state index in [1.807, 2.05) is 4.90 Å². The zero-order valence-corrected chi connectivity index (χ0v) is 11.1. The van der Waals surface area contributed by atoms with Gasteiger partial charge in [-0.25, -0.2) is 0 Å². The summed E-state index contributed by atoms with van der Waals surface area (Å²) in [5.74, 6) is 0.254. The molecular formula is C13H25N3O. The van der Waals surface area contributed by atoms with Crippen LogP contribution in [-0.4, -0.2) is 54.1 Å². The van der Waals surface area contributed by atoms with Crippen LogP contribution in [0.15, 0.2) is 0 Å². The van der Waals surface area contributed by atoms with Gasteiger partial charge in [0.2, 0.25) is 5.91 Å². The van der Waals surface area contributed by atoms with Gasteiger partial charge in [0.05, 0.1) is 12.7 Å². The van der Waals surface area contributed by atoms with Crippen LogP contribution >= 0.6 is 0 Å². The van der Waals surface area contributed by atoms with E-state index >= 15 is 0 Å². The second-order valence-electron chi connectivity index (χ2n) is 5.38. The zero-order valence-electron chi connectivity index (χ0n) is 11.1. The first kappa shape index (κ1) is 12.8. The number of rotatable bonds is 4. The molecule has 0 spiro atoms. The van der Waals surface area contributed by atoms with Crippen molar-refractivity contribution >= 4 is 5.91 Å². The lowest BCUT2D eigenvalue weighted by Crippen LogP contribution is -2.41. The van der Waals surface area contributed by atoms with Gasteiger partial charge in [0.25, 0.3) is 0 Å². The number of hydrogen-bond acceptors (Lipinski definition) is 3. The molecule has 0 aromatic rings. The number of hydrogen-bond donors (Lipinski definition) is 1. The fourth-order valence-corrected chi connectivity index (χ4v) is 2.92. The zero-order chi connectivity index (χ0) is 12.3. The van der Waals surface area contributed by atoms with Crippen molar-refractivity contribution in [3.63, 3.8) is 0 Å². The maximum Gasteiger partial charge on any atom is 0.237 e. The van der Waals surface area contributed by atoms with Crippen molar-refractivity contribution in [2.45, 2.75) is 51.7 Å². The number of nitrogens with zero attached hydrogens (tertiary/aromatic N) is 2. The Labute approximate surface area is 104 Å². The molecule has 2 rings (SSSR count). The van der Waals surface area contributed by atoms with Crippen LogP contribution < -0.4 is 5.32 Å². The van der Waals surface area contributed by atoms with Gasteiger partial charge in [-0.3, -0.25) is 10.1 Å². The van der Waals surface area contributed by atoms with Crippen molar-refractivity contribution in [2.24, 2.45) is 0 Å². The second kappa shape index (κ2) is 5.83. The minimum Gasteiger partial charge on any atom is -0.326 e. The second-order valence-corrected chi connectivity index (χ2v) is 5.38. The predicted molar refractivity (Wildman–Crippen MR) is 68.7 cm³/mol. The van der Waals surface area contributed by atoms with Crippen LogP contribution in [0, 0.1) is 0 Å². The fourth-order valence-electron chi connectivity index (χ4n) is 2.92. The highest BCUT2D eigenvalue weighted by atomic mass is 16.2. The Morgan fingerprint density at radius 2 is 2.12 bits per heavy atom. The van der Waals surface area contributed by atoms with Gasteiger partial charge in [-0.1, -0.05) is 6.42 Å². The number of carbonyl (C=O) groups excluding carboxylic acids is 1. The lowest BCUT2D eigenvalue weighted by molar-refractivity contribution is -0.127. The van der Waals surface area contributed by atoms with Crippen LogP contribution in [0.2, 0.25) is 0 Å². The van der Waals surface area contributed by atoms with Crippen LogP contribution in [0.5, 0.6) is 0 Å². The van der Waals surface area contributed by atoms with Gasteiger partial charge >= 0.3 is 0 Å². The first-order chi connectivity index (χ1) is 8.18. The van der Waals surface area contributed by atoms with E-state index in [9.17, 15) is 4.79 Å². The average molecular weight is 239 g/mol. The summed E-state index contributed by atoms with van der Waals surface area (Å²) >= 11 is 0. The number of likely N-dealkylation sites (tertiary alicyclic amines) is 1. The Bertz CT molecular complexity index is 269. The molecule has 0 aromatic carbocycles. The van der Waals surface area contributed by atoms with Gasteiger partial charge in [-0.2, -0.15) is 0 Å². The molecule has 0 saturated carbocycles. The highest BCUT2D eigenvalue weighted by Crippen LogP contribution is 2.16. The van der Waals surface area contributed by atoms with E-state index in [0.29, 0.717) is 6.54 Å². The predicted octanol–water partition coefficient (Wildman–Crippen LogP) is 1.03. The van der Waals surface area contributed by atoms with E-state index in [2.05, 4.69) is 24.1 Å². The lowest BCUT2D eigenvalue weighted by Gasteiger charge is -2.33. The third kappa shape index (κ3) is 3.19. The Hall–Kier alpha value is -0.610. The first-order valence-electron chi connectivity index (χ1n) is 6.95. The van der Waals surface area contributed by atoms with Crippen LogP contribution in [0.25, 0.3) is 0 Å². The SMILES string of the molecule is CC1CCCCN1CCCN1C(=O)CNC1C. The van der Waals surface area contributed by atoms with Crippen molar-refractivity contribution < 1.29 is 4.79 Å². The highest BCUT2D eigenvalue weighted by Gasteiger charge is 2.26. The summed E-state index contributed by atoms with van der Waals surface area (Å²) < 4.78 is 0. The van der Waals surface area contributed by atoms with Crippen molar-refractivity contribution in [3.05, 3.63) is 0 Å². The monoisotopic (exact) mass is 239 g/mol. The molecule has 0 bridgehead atoms. The van der Waals surface area contributed by atoms with Crippen molar-refractivity contribution in [1.82, 2.24) is 15.1 Å². The summed E-state index contributed by atoms with van der Waals surface area (Å²) in [6.07, 6.45) is 5.37. The smallest absolute Gasteiger partial charge is 0.237 e. The largest absolute Gasteiger partial charge is 0.326 e. The summed E-state index contributed by atoms with van der Waals surface area (Å²) in [5, 5.41) is 3.18. The number of amides is 1. The van der Waals surface area contributed by atoms with Gasteiger partial charge in [0.15, 0.2) is 0 Å². The summed E-state index contributed by atoms with van der Waals surface area (Å²) in [4.78, 5) is 16.1. The van der Waals surface area contributed by atoms with Crippen molar-refractivity contribution in [3.8, 4) is 0 Å². The molecule has 2 aliphatic rings. The van der Waals surface area contributed by atoms with Crippen LogP contribution in [0.1, 0.15) is 39.5 Å². The number of carbonyl (C=O) groups is 1. The maximum atomic E-state index is 11.6. The summed E-state index contributed by atoms with van der Waals surface area (Å²) in [7, 11) is 0. The van der Waals surface area contributed by atoms with Crippen molar-refractivity contribution in [1.29, 1.82) is 0 Å². The van der Waals surface area contributed by atoms with Crippen LogP contribution in [0.4, 0.5) is 0 Å². The van der Waals surface area contributed by atoms with Gasteiger partial charge in [0.1, 0.15) is 0 Å². The molecule has 2 fully saturated rings. The minimum absolute atomic E-state index is 0.223. The molecular weight excluding hydrogens is 214 g/mol. The normalized spacial score (nSPS) is 31.2. The third-order valence-electron chi connectivity index (χ3n) is 4.12. The van der Waals surface area contributed by atoms with Gasteiger partial charge in [-0.05, 0) is 39.7 Å². The molecule has 0 aliphatic carbocycles. The molecule has 2 heterocycles. The first-order valence-corrected chi connectivity index (χ1v) is 6.95. The molecule has 2 saturated heterocycles. The molecule has 2 atom stereocenters. The summed E-state index contributed by atoms with van der Waals surface area (Å²) in [5.41, 5.74) is 0. The number of piperidine rings is 1. The molecule has 1 amide bonds. The minimum atomic E-state index is 0.223. The molecule has 1 N–H and O–H groups in total.